The van der Waals surface area contributed by atoms with Crippen LogP contribution in [0.4, 0.5) is 0 Å². The molecule has 5 nitrogen and oxygen atoms in total. The number of aromatic hydroxyl groups is 1. The summed E-state index contributed by atoms with van der Waals surface area (Å²) in [6, 6.07) is 10.4. The Kier molecular flexibility index (Phi) is 5.54. The van der Waals surface area contributed by atoms with Crippen LogP contribution < -0.4 is 0 Å². The Morgan fingerprint density at radius 1 is 0.893 bits per heavy atom. The largest absolute Gasteiger partial charge is 0.507 e. The molecular weight excluding hydrogens is 348 g/mol. The van der Waals surface area contributed by atoms with Gasteiger partial charge in [0.1, 0.15) is 5.75 Å². The maximum absolute atomic E-state index is 10.7. The third kappa shape index (κ3) is 3.53. The minimum atomic E-state index is -0.00962. The molecule has 0 radical (unpaired) electrons. The molecule has 0 amide bonds. The Balaban J connectivity index is 2.15. The molecule has 0 saturated carbocycles. The van der Waals surface area contributed by atoms with Crippen LogP contribution in [0.25, 0.3) is 5.69 Å². The van der Waals surface area contributed by atoms with Crippen molar-refractivity contribution in [1.29, 1.82) is 0 Å². The molecule has 0 aliphatic heterocycles. The molecule has 0 unspecified atom stereocenters. The zero-order valence-corrected chi connectivity index (χ0v) is 17.9. The normalized spacial score (nSPS) is 12.8. The summed E-state index contributed by atoms with van der Waals surface area (Å²) in [5.74, 6) is 1.67. The van der Waals surface area contributed by atoms with Gasteiger partial charge in [-0.25, -0.2) is 0 Å². The van der Waals surface area contributed by atoms with Crippen molar-refractivity contribution >= 4 is 0 Å². The number of rotatable bonds is 5. The monoisotopic (exact) mass is 378 g/mol. The molecule has 0 fully saturated rings. The van der Waals surface area contributed by atoms with Gasteiger partial charge in [-0.05, 0) is 63.9 Å². The Labute approximate surface area is 167 Å². The van der Waals surface area contributed by atoms with Gasteiger partial charge in [0, 0.05) is 5.92 Å². The Bertz CT molecular complexity index is 939. The summed E-state index contributed by atoms with van der Waals surface area (Å²) in [5, 5.41) is 23.4. The quantitative estimate of drug-likeness (QED) is 0.647. The van der Waals surface area contributed by atoms with E-state index in [1.165, 1.54) is 0 Å². The van der Waals surface area contributed by atoms with Crippen LogP contribution in [0.1, 0.15) is 86.0 Å². The zero-order valence-electron chi connectivity index (χ0n) is 17.9. The molecule has 0 saturated heterocycles. The van der Waals surface area contributed by atoms with E-state index in [-0.39, 0.29) is 17.8 Å². The van der Waals surface area contributed by atoms with Crippen molar-refractivity contribution in [2.75, 3.05) is 0 Å². The van der Waals surface area contributed by atoms with Crippen molar-refractivity contribution < 1.29 is 5.11 Å². The fraction of sp³-hybridized carbons (Fsp3) is 0.435. The maximum atomic E-state index is 10.7. The lowest BCUT2D eigenvalue weighted by molar-refractivity contribution is 0.454. The molecule has 3 aromatic rings. The summed E-state index contributed by atoms with van der Waals surface area (Å²) < 4.78 is 1.85. The third-order valence-electron chi connectivity index (χ3n) is 5.47. The van der Waals surface area contributed by atoms with E-state index < -0.39 is 0 Å². The lowest BCUT2D eigenvalue weighted by atomic mass is 9.87. The van der Waals surface area contributed by atoms with E-state index in [0.717, 1.165) is 39.3 Å². The number of phenols is 1. The molecule has 1 aromatic heterocycles. The van der Waals surface area contributed by atoms with Gasteiger partial charge in [0.25, 0.3) is 0 Å². The highest BCUT2D eigenvalue weighted by atomic mass is 16.3. The first-order valence-electron chi connectivity index (χ1n) is 9.93. The van der Waals surface area contributed by atoms with Gasteiger partial charge in [0.05, 0.1) is 5.69 Å². The van der Waals surface area contributed by atoms with Gasteiger partial charge >= 0.3 is 0 Å². The summed E-state index contributed by atoms with van der Waals surface area (Å²) in [6.45, 7) is 14.7. The molecule has 1 heterocycles. The van der Waals surface area contributed by atoms with Gasteiger partial charge in [-0.3, -0.25) is 0 Å². The van der Waals surface area contributed by atoms with Crippen LogP contribution >= 0.6 is 0 Å². The summed E-state index contributed by atoms with van der Waals surface area (Å²) in [7, 11) is 0. The topological polar surface area (TPSA) is 63.8 Å². The molecule has 0 aliphatic carbocycles. The molecule has 148 valence electrons. The van der Waals surface area contributed by atoms with Crippen molar-refractivity contribution in [3.05, 3.63) is 64.0 Å². The number of hydrogen-bond acceptors (Lipinski definition) is 4. The van der Waals surface area contributed by atoms with Crippen molar-refractivity contribution in [1.82, 2.24) is 20.2 Å². The second-order valence-corrected chi connectivity index (χ2v) is 8.27. The van der Waals surface area contributed by atoms with Crippen molar-refractivity contribution in [3.8, 4) is 11.4 Å². The van der Waals surface area contributed by atoms with Crippen LogP contribution in [0, 0.1) is 13.8 Å². The zero-order chi connectivity index (χ0) is 20.6. The first kappa shape index (κ1) is 20.1. The standard InChI is InChI=1S/C23H30N4O/c1-13(2)19-11-18(12-20(14(3)4)22(19)28)17(7)23-24-25-26-27(23)21-15(5)9-8-10-16(21)6/h8-14,17,28H,1-7H3/t17-/m1/s1. The van der Waals surface area contributed by atoms with Crippen molar-refractivity contribution in [2.45, 2.75) is 66.2 Å². The van der Waals surface area contributed by atoms with Gasteiger partial charge in [-0.2, -0.15) is 4.68 Å². The molecule has 3 rings (SSSR count). The van der Waals surface area contributed by atoms with E-state index in [4.69, 9.17) is 0 Å². The highest BCUT2D eigenvalue weighted by Gasteiger charge is 2.23. The number of phenolic OH excluding ortho intramolecular Hbond substituents is 1. The molecule has 0 bridgehead atoms. The van der Waals surface area contributed by atoms with Crippen LogP contribution in [0.15, 0.2) is 30.3 Å². The molecule has 2 aromatic carbocycles. The van der Waals surface area contributed by atoms with Crippen LogP contribution in [-0.2, 0) is 0 Å². The summed E-state index contributed by atoms with van der Waals surface area (Å²) >= 11 is 0. The molecular formula is C23H30N4O. The first-order valence-corrected chi connectivity index (χ1v) is 9.93. The number of tetrazole rings is 1. The van der Waals surface area contributed by atoms with Gasteiger partial charge < -0.3 is 5.11 Å². The highest BCUT2D eigenvalue weighted by molar-refractivity contribution is 5.50. The van der Waals surface area contributed by atoms with Crippen LogP contribution in [0.2, 0.25) is 0 Å². The minimum Gasteiger partial charge on any atom is -0.507 e. The van der Waals surface area contributed by atoms with E-state index in [9.17, 15) is 5.11 Å². The average Bonchev–Trinajstić information content (AvgIpc) is 3.10. The highest BCUT2D eigenvalue weighted by Crippen LogP contribution is 2.38. The molecule has 28 heavy (non-hydrogen) atoms. The van der Waals surface area contributed by atoms with Crippen molar-refractivity contribution in [3.63, 3.8) is 0 Å². The fourth-order valence-corrected chi connectivity index (χ4v) is 3.75. The predicted octanol–water partition coefficient (Wildman–Crippen LogP) is 5.38. The molecule has 0 aliphatic rings. The second kappa shape index (κ2) is 7.74. The average molecular weight is 379 g/mol. The predicted molar refractivity (Wildman–Crippen MR) is 112 cm³/mol. The Morgan fingerprint density at radius 3 is 1.93 bits per heavy atom. The Morgan fingerprint density at radius 2 is 1.43 bits per heavy atom. The first-order chi connectivity index (χ1) is 13.2. The lowest BCUT2D eigenvalue weighted by Gasteiger charge is -2.21. The maximum Gasteiger partial charge on any atom is 0.163 e. The minimum absolute atomic E-state index is 0.00962. The summed E-state index contributed by atoms with van der Waals surface area (Å²) in [4.78, 5) is 0. The fourth-order valence-electron chi connectivity index (χ4n) is 3.75. The number of benzene rings is 2. The van der Waals surface area contributed by atoms with Gasteiger partial charge in [-0.1, -0.05) is 65.0 Å². The van der Waals surface area contributed by atoms with Crippen molar-refractivity contribution in [2.24, 2.45) is 0 Å². The molecule has 5 heteroatoms. The molecule has 0 spiro atoms. The van der Waals surface area contributed by atoms with E-state index >= 15 is 0 Å². The van der Waals surface area contributed by atoms with E-state index in [0.29, 0.717) is 5.75 Å². The van der Waals surface area contributed by atoms with Crippen LogP contribution in [0.3, 0.4) is 0 Å². The van der Waals surface area contributed by atoms with Gasteiger partial charge in [0.15, 0.2) is 5.82 Å². The van der Waals surface area contributed by atoms with E-state index in [1.54, 1.807) is 0 Å². The number of aromatic nitrogens is 4. The molecule has 1 N–H and O–H groups in total. The van der Waals surface area contributed by atoms with Crippen LogP contribution in [-0.4, -0.2) is 25.3 Å². The number of nitrogens with zero attached hydrogens (tertiary/aromatic N) is 4. The smallest absolute Gasteiger partial charge is 0.163 e. The number of aryl methyl sites for hydroxylation is 2. The number of hydrogen-bond donors (Lipinski definition) is 1. The SMILES string of the molecule is Cc1cccc(C)c1-n1nnnc1[C@H](C)c1cc(C(C)C)c(O)c(C(C)C)c1. The van der Waals surface area contributed by atoms with Gasteiger partial charge in [-0.15, -0.1) is 5.10 Å². The van der Waals surface area contributed by atoms with Gasteiger partial charge in [0.2, 0.25) is 0 Å². The third-order valence-corrected chi connectivity index (χ3v) is 5.47. The number of para-hydroxylation sites is 1. The van der Waals surface area contributed by atoms with E-state index in [1.807, 2.05) is 10.7 Å². The molecule has 1 atom stereocenters. The lowest BCUT2D eigenvalue weighted by Crippen LogP contribution is -2.11. The van der Waals surface area contributed by atoms with Crippen LogP contribution in [0.5, 0.6) is 5.75 Å². The summed E-state index contributed by atoms with van der Waals surface area (Å²) in [5.41, 5.74) is 6.36. The summed E-state index contributed by atoms with van der Waals surface area (Å²) in [6.07, 6.45) is 0. The second-order valence-electron chi connectivity index (χ2n) is 8.27. The van der Waals surface area contributed by atoms with E-state index in [2.05, 4.69) is 88.3 Å². The Hall–Kier alpha value is -2.69.